The van der Waals surface area contributed by atoms with Gasteiger partial charge in [-0.15, -0.1) is 0 Å². The molecule has 0 saturated heterocycles. The van der Waals surface area contributed by atoms with E-state index in [9.17, 15) is 9.59 Å². The largest absolute Gasteiger partial charge is 0.482 e. The predicted octanol–water partition coefficient (Wildman–Crippen LogP) is 3.97. The Morgan fingerprint density at radius 1 is 1.48 bits per heavy atom. The predicted molar refractivity (Wildman–Crippen MR) is 103 cm³/mol. The van der Waals surface area contributed by atoms with Crippen LogP contribution in [0.15, 0.2) is 28.9 Å². The molecule has 0 aliphatic rings. The maximum Gasteiger partial charge on any atom is 0.278 e. The Morgan fingerprint density at radius 2 is 2.22 bits per heavy atom. The minimum absolute atomic E-state index is 0.0896. The maximum atomic E-state index is 12.6. The average molecular weight is 510 g/mol. The lowest BCUT2D eigenvalue weighted by atomic mass is 10.2. The maximum absolute atomic E-state index is 12.6. The molecule has 2 rings (SSSR count). The first-order valence-electron chi connectivity index (χ1n) is 6.56. The summed E-state index contributed by atoms with van der Waals surface area (Å²) >= 11 is 5.52. The Bertz CT molecular complexity index is 751. The van der Waals surface area contributed by atoms with Crippen LogP contribution >= 0.6 is 44.3 Å². The van der Waals surface area contributed by atoms with Crippen LogP contribution in [0.4, 0.5) is 5.69 Å². The molecule has 0 aliphatic heterocycles. The number of carbonyl (C=O) groups is 2. The average Bonchev–Trinajstić information content (AvgIpc) is 2.91. The third kappa shape index (κ3) is 4.74. The zero-order valence-electron chi connectivity index (χ0n) is 12.4. The van der Waals surface area contributed by atoms with Gasteiger partial charge >= 0.3 is 0 Å². The van der Waals surface area contributed by atoms with Crippen molar-refractivity contribution < 1.29 is 14.3 Å². The molecule has 0 bridgehead atoms. The Balaban J connectivity index is 2.26. The van der Waals surface area contributed by atoms with E-state index in [2.05, 4.69) is 48.4 Å². The fourth-order valence-corrected chi connectivity index (χ4v) is 3.81. The van der Waals surface area contributed by atoms with Gasteiger partial charge in [0.15, 0.2) is 17.2 Å². The van der Waals surface area contributed by atoms with Gasteiger partial charge in [-0.05, 0) is 59.7 Å². The summed E-state index contributed by atoms with van der Waals surface area (Å²) in [5.41, 5.74) is 1.95. The van der Waals surface area contributed by atoms with Crippen LogP contribution in [0.25, 0.3) is 0 Å². The van der Waals surface area contributed by atoms with E-state index >= 15 is 0 Å². The number of halogens is 2. The number of benzene rings is 1. The number of anilines is 1. The Hall–Kier alpha value is -0.990. The van der Waals surface area contributed by atoms with Gasteiger partial charge < -0.3 is 10.1 Å². The normalized spacial score (nSPS) is 11.0. The van der Waals surface area contributed by atoms with E-state index in [0.29, 0.717) is 17.1 Å². The molecular weight excluding hydrogens is 496 g/mol. The second kappa shape index (κ2) is 8.21. The zero-order chi connectivity index (χ0) is 17.0. The van der Waals surface area contributed by atoms with Crippen LogP contribution in [0.2, 0.25) is 0 Å². The first kappa shape index (κ1) is 18.4. The number of nitrogens with zero attached hydrogens (tertiary/aromatic N) is 2. The molecule has 1 N–H and O–H groups in total. The first-order valence-corrected chi connectivity index (χ1v) is 11.4. The third-order valence-electron chi connectivity index (χ3n) is 2.90. The molecule has 0 fully saturated rings. The van der Waals surface area contributed by atoms with E-state index in [1.165, 1.54) is 13.1 Å². The van der Waals surface area contributed by atoms with Gasteiger partial charge in [0.1, 0.15) is 6.61 Å². The summed E-state index contributed by atoms with van der Waals surface area (Å²) in [6.07, 6.45) is 1.70. The molecule has 0 spiro atoms. The minimum atomic E-state index is -0.323. The molecule has 1 aromatic carbocycles. The molecule has 1 atom stereocenters. The van der Waals surface area contributed by atoms with Crippen LogP contribution in [0.1, 0.15) is 23.0 Å². The number of rotatable bonds is 6. The molecule has 0 radical (unpaired) electrons. The molecule has 1 amide bonds. The van der Waals surface area contributed by atoms with E-state index in [0.717, 1.165) is 10.0 Å². The van der Waals surface area contributed by atoms with Gasteiger partial charge in [-0.1, -0.05) is 15.9 Å². The van der Waals surface area contributed by atoms with Gasteiger partial charge in [-0.2, -0.15) is 5.10 Å². The highest BCUT2D eigenvalue weighted by Crippen LogP contribution is 2.31. The molecule has 122 valence electrons. The van der Waals surface area contributed by atoms with E-state index < -0.39 is 0 Å². The van der Waals surface area contributed by atoms with Crippen LogP contribution < -0.4 is 10.1 Å². The second-order valence-corrected chi connectivity index (χ2v) is 7.71. The van der Waals surface area contributed by atoms with Crippen molar-refractivity contribution in [3.8, 4) is 5.75 Å². The van der Waals surface area contributed by atoms with Crippen molar-refractivity contribution in [2.45, 2.75) is 13.8 Å². The molecule has 1 aromatic heterocycles. The molecule has 9 heteroatoms. The van der Waals surface area contributed by atoms with Gasteiger partial charge in [0.25, 0.3) is 5.91 Å². The Morgan fingerprint density at radius 3 is 2.83 bits per heavy atom. The highest BCUT2D eigenvalue weighted by Gasteiger charge is 2.21. The highest BCUT2D eigenvalue weighted by molar-refractivity contribution is 14.2. The summed E-state index contributed by atoms with van der Waals surface area (Å²) in [6, 6.07) is 5.59. The summed E-state index contributed by atoms with van der Waals surface area (Å²) in [6.45, 7) is 3.24. The van der Waals surface area contributed by atoms with E-state index in [1.807, 2.05) is 25.1 Å². The molecule has 0 saturated carbocycles. The second-order valence-electron chi connectivity index (χ2n) is 4.76. The molecule has 0 aliphatic carbocycles. The number of ketones is 1. The van der Waals surface area contributed by atoms with Crippen LogP contribution in [-0.2, 0) is 4.79 Å². The van der Waals surface area contributed by atoms with Gasteiger partial charge in [-0.3, -0.25) is 9.59 Å². The first-order chi connectivity index (χ1) is 10.9. The molecule has 1 unspecified atom stereocenters. The van der Waals surface area contributed by atoms with Crippen molar-refractivity contribution in [2.75, 3.05) is 11.9 Å². The summed E-state index contributed by atoms with van der Waals surface area (Å²) in [5.74, 6) is -0.142. The summed E-state index contributed by atoms with van der Waals surface area (Å²) < 4.78 is 7.89. The third-order valence-corrected chi connectivity index (χ3v) is 5.26. The topological polar surface area (TPSA) is 73.2 Å². The van der Waals surface area contributed by atoms with Crippen LogP contribution in [0.5, 0.6) is 5.75 Å². The van der Waals surface area contributed by atoms with Crippen molar-refractivity contribution >= 4 is 61.7 Å². The quantitative estimate of drug-likeness (QED) is 0.472. The number of Topliss-reactive ketones (excluding diaryl/α,β-unsaturated/α-hetero) is 1. The van der Waals surface area contributed by atoms with Crippen molar-refractivity contribution in [1.82, 2.24) is 9.55 Å². The molecular formula is C14H14BrIN3O3P. The number of amides is 1. The van der Waals surface area contributed by atoms with Crippen molar-refractivity contribution in [3.63, 3.8) is 0 Å². The Labute approximate surface area is 156 Å². The van der Waals surface area contributed by atoms with E-state index in [1.54, 1.807) is 4.45 Å². The lowest BCUT2D eigenvalue weighted by Gasteiger charge is -2.11. The standard InChI is InChI=1S/C14H14BrIN3O3P/c1-8-5-10(15)3-4-11(8)18-14(21)13-12(22-7-9(2)20)6-17-19(13)23-16/h3-6,23H,7H2,1-2H3,(H,18,21). The van der Waals surface area contributed by atoms with E-state index in [4.69, 9.17) is 4.74 Å². The number of ether oxygens (including phenoxy) is 1. The molecule has 1 heterocycles. The van der Waals surface area contributed by atoms with Crippen molar-refractivity contribution in [1.29, 1.82) is 0 Å². The number of aromatic nitrogens is 2. The highest BCUT2D eigenvalue weighted by atomic mass is 127. The fraction of sp³-hybridized carbons (Fsp3) is 0.214. The lowest BCUT2D eigenvalue weighted by Crippen LogP contribution is -2.17. The molecule has 2 aromatic rings. The van der Waals surface area contributed by atoms with Gasteiger partial charge in [0.2, 0.25) is 0 Å². The van der Waals surface area contributed by atoms with Crippen LogP contribution in [-0.4, -0.2) is 27.8 Å². The molecule has 23 heavy (non-hydrogen) atoms. The van der Waals surface area contributed by atoms with Gasteiger partial charge in [0.05, 0.1) is 12.6 Å². The number of hydrogen-bond donors (Lipinski definition) is 1. The summed E-state index contributed by atoms with van der Waals surface area (Å²) in [7, 11) is 0. The smallest absolute Gasteiger partial charge is 0.278 e. The van der Waals surface area contributed by atoms with Gasteiger partial charge in [-0.25, -0.2) is 4.45 Å². The number of carbonyl (C=O) groups excluding carboxylic acids is 2. The number of aryl methyl sites for hydroxylation is 1. The fourth-order valence-electron chi connectivity index (χ4n) is 1.84. The summed E-state index contributed by atoms with van der Waals surface area (Å²) in [4.78, 5) is 23.7. The van der Waals surface area contributed by atoms with Crippen LogP contribution in [0, 0.1) is 6.92 Å². The zero-order valence-corrected chi connectivity index (χ0v) is 17.1. The molecule has 6 nitrogen and oxygen atoms in total. The van der Waals surface area contributed by atoms with Crippen molar-refractivity contribution in [3.05, 3.63) is 40.1 Å². The summed E-state index contributed by atoms with van der Waals surface area (Å²) in [5, 5.41) is 6.99. The number of nitrogens with one attached hydrogen (secondary N) is 1. The van der Waals surface area contributed by atoms with Crippen molar-refractivity contribution in [2.24, 2.45) is 0 Å². The van der Waals surface area contributed by atoms with Crippen LogP contribution in [0.3, 0.4) is 0 Å². The van der Waals surface area contributed by atoms with E-state index in [-0.39, 0.29) is 24.7 Å². The Kier molecular flexibility index (Phi) is 6.55. The van der Waals surface area contributed by atoms with Gasteiger partial charge in [0, 0.05) is 10.2 Å². The minimum Gasteiger partial charge on any atom is -0.482 e. The SMILES string of the molecule is CC(=O)COc1cnn(PI)c1C(=O)Nc1ccc(Br)cc1C. The number of hydrogen-bond acceptors (Lipinski definition) is 4. The monoisotopic (exact) mass is 509 g/mol. The lowest BCUT2D eigenvalue weighted by molar-refractivity contribution is -0.118.